The van der Waals surface area contributed by atoms with Gasteiger partial charge in [-0.3, -0.25) is 18.9 Å². The zero-order valence-electron chi connectivity index (χ0n) is 28.0. The van der Waals surface area contributed by atoms with Crippen LogP contribution in [0.5, 0.6) is 11.5 Å². The van der Waals surface area contributed by atoms with E-state index < -0.39 is 57.6 Å². The summed E-state index contributed by atoms with van der Waals surface area (Å²) in [5, 5.41) is -4.73. The van der Waals surface area contributed by atoms with E-state index in [0.717, 1.165) is 46.0 Å². The van der Waals surface area contributed by atoms with Gasteiger partial charge in [-0.2, -0.15) is 17.2 Å². The van der Waals surface area contributed by atoms with Crippen molar-refractivity contribution in [3.63, 3.8) is 0 Å². The maximum atomic E-state index is 13.9. The molecule has 2 atom stereocenters. The van der Waals surface area contributed by atoms with Crippen LogP contribution in [-0.2, 0) is 67.2 Å². The highest BCUT2D eigenvalue weighted by atomic mass is 32.2. The molecule has 248 valence electrons. The standard InChI is InChI=1S/C29H40B6F2O9S/c30-8-15-1-20(10-32)24(21(2-15)11-33)45-27(39)18-5-17(26(38)44-14-29(36,37)47(41,42)43)6-19(7-18)28(40)46-25-22(12-34)3-16(9-31)4-23(25)13-35/h1-4,17-19H,5-14,30-35H2,(H,41,42,43). The Balaban J connectivity index is 1.95. The Morgan fingerprint density at radius 3 is 1.26 bits per heavy atom. The molecule has 0 heterocycles. The summed E-state index contributed by atoms with van der Waals surface area (Å²) in [5.74, 6) is -4.99. The Morgan fingerprint density at radius 2 is 0.979 bits per heavy atom. The minimum Gasteiger partial charge on any atom is -0.458 e. The summed E-state index contributed by atoms with van der Waals surface area (Å²) in [7, 11) is 5.97. The maximum absolute atomic E-state index is 13.9. The lowest BCUT2D eigenvalue weighted by atomic mass is 9.75. The van der Waals surface area contributed by atoms with E-state index in [1.807, 2.05) is 71.3 Å². The highest BCUT2D eigenvalue weighted by molar-refractivity contribution is 7.86. The average Bonchev–Trinajstić information content (AvgIpc) is 3.06. The third-order valence-corrected chi connectivity index (χ3v) is 9.69. The lowest BCUT2D eigenvalue weighted by Crippen LogP contribution is -2.40. The van der Waals surface area contributed by atoms with Gasteiger partial charge in [0.2, 0.25) is 0 Å². The molecule has 1 aliphatic rings. The predicted octanol–water partition coefficient (Wildman–Crippen LogP) is -1.95. The number of hydrogen-bond acceptors (Lipinski definition) is 8. The number of carbonyl (C=O) groups excluding carboxylic acids is 3. The van der Waals surface area contributed by atoms with Crippen LogP contribution in [0.25, 0.3) is 0 Å². The molecule has 1 fully saturated rings. The third-order valence-electron chi connectivity index (χ3n) is 8.82. The predicted molar refractivity (Wildman–Crippen MR) is 189 cm³/mol. The Kier molecular flexibility index (Phi) is 13.4. The molecule has 2 aromatic carbocycles. The molecule has 47 heavy (non-hydrogen) atoms. The summed E-state index contributed by atoms with van der Waals surface area (Å²) < 4.78 is 75.2. The molecule has 1 N–H and O–H groups in total. The molecule has 0 spiro atoms. The van der Waals surface area contributed by atoms with Crippen molar-refractivity contribution in [2.75, 3.05) is 6.61 Å². The molecule has 0 aliphatic heterocycles. The van der Waals surface area contributed by atoms with Gasteiger partial charge in [-0.25, -0.2) is 0 Å². The third kappa shape index (κ3) is 9.34. The summed E-state index contributed by atoms with van der Waals surface area (Å²) in [6.07, 6.45) is 3.58. The molecule has 18 heteroatoms. The highest BCUT2D eigenvalue weighted by Crippen LogP contribution is 2.38. The van der Waals surface area contributed by atoms with Crippen LogP contribution in [0.3, 0.4) is 0 Å². The fourth-order valence-electron chi connectivity index (χ4n) is 5.99. The Morgan fingerprint density at radius 1 is 0.660 bits per heavy atom. The van der Waals surface area contributed by atoms with E-state index in [1.54, 1.807) is 0 Å². The summed E-state index contributed by atoms with van der Waals surface area (Å²) in [6, 6.07) is 7.88. The van der Waals surface area contributed by atoms with Gasteiger partial charge in [-0.05, 0) is 41.5 Å². The van der Waals surface area contributed by atoms with Gasteiger partial charge in [-0.15, -0.1) is 0 Å². The topological polar surface area (TPSA) is 133 Å². The maximum Gasteiger partial charge on any atom is 0.402 e. The molecule has 2 aromatic rings. The van der Waals surface area contributed by atoms with Gasteiger partial charge in [0.15, 0.2) is 6.61 Å². The first-order valence-electron chi connectivity index (χ1n) is 16.4. The number of esters is 3. The molecule has 0 aromatic heterocycles. The van der Waals surface area contributed by atoms with Crippen molar-refractivity contribution in [2.45, 2.75) is 62.4 Å². The second-order valence-corrected chi connectivity index (χ2v) is 13.5. The highest BCUT2D eigenvalue weighted by Gasteiger charge is 2.47. The quantitative estimate of drug-likeness (QED) is 0.106. The zero-order valence-corrected chi connectivity index (χ0v) is 28.8. The van der Waals surface area contributed by atoms with Gasteiger partial charge in [0, 0.05) is 0 Å². The molecule has 0 bridgehead atoms. The fourth-order valence-corrected chi connectivity index (χ4v) is 6.19. The molecule has 0 saturated heterocycles. The van der Waals surface area contributed by atoms with Crippen LogP contribution < -0.4 is 9.47 Å². The number of benzene rings is 2. The number of ether oxygens (including phenoxy) is 3. The van der Waals surface area contributed by atoms with E-state index in [9.17, 15) is 31.6 Å². The Bertz CT molecular complexity index is 1460. The largest absolute Gasteiger partial charge is 0.458 e. The van der Waals surface area contributed by atoms with Gasteiger partial charge in [0.05, 0.1) is 17.8 Å². The first kappa shape index (κ1) is 38.5. The van der Waals surface area contributed by atoms with Crippen LogP contribution in [0.1, 0.15) is 52.6 Å². The monoisotopic (exact) mass is 668 g/mol. The summed E-state index contributed by atoms with van der Waals surface area (Å²) in [5.41, 5.74) is 5.51. The molecule has 9 nitrogen and oxygen atoms in total. The second-order valence-electron chi connectivity index (χ2n) is 12.0. The number of rotatable bonds is 14. The van der Waals surface area contributed by atoms with Crippen LogP contribution >= 0.6 is 0 Å². The smallest absolute Gasteiger partial charge is 0.402 e. The van der Waals surface area contributed by atoms with E-state index in [4.69, 9.17) is 14.0 Å². The molecular formula is C29H40B6F2O9S. The number of alkyl halides is 2. The molecule has 1 saturated carbocycles. The first-order valence-corrected chi connectivity index (χ1v) is 17.8. The van der Waals surface area contributed by atoms with Gasteiger partial charge in [0.25, 0.3) is 0 Å². The van der Waals surface area contributed by atoms with E-state index in [2.05, 4.69) is 4.74 Å². The molecule has 0 radical (unpaired) electrons. The molecule has 1 aliphatic carbocycles. The number of carbonyl (C=O) groups is 3. The van der Waals surface area contributed by atoms with E-state index in [1.165, 1.54) is 0 Å². The Hall–Kier alpha value is -2.99. The minimum absolute atomic E-state index is 0.0193. The van der Waals surface area contributed by atoms with Crippen LogP contribution in [-0.4, -0.2) is 89.8 Å². The lowest BCUT2D eigenvalue weighted by Gasteiger charge is -2.32. The van der Waals surface area contributed by atoms with E-state index in [-0.39, 0.29) is 19.3 Å². The number of halogens is 2. The van der Waals surface area contributed by atoms with Gasteiger partial charge < -0.3 is 14.2 Å². The van der Waals surface area contributed by atoms with Crippen LogP contribution in [0.15, 0.2) is 24.3 Å². The second kappa shape index (κ2) is 16.4. The molecule has 2 unspecified atom stereocenters. The van der Waals surface area contributed by atoms with Gasteiger partial charge >= 0.3 is 33.3 Å². The average molecular weight is 668 g/mol. The van der Waals surface area contributed by atoms with Crippen molar-refractivity contribution in [2.24, 2.45) is 17.8 Å². The fraction of sp³-hybridized carbons (Fsp3) is 0.483. The molecular weight excluding hydrogens is 627 g/mol. The van der Waals surface area contributed by atoms with Crippen molar-refractivity contribution in [3.8, 4) is 11.5 Å². The molecule has 3 rings (SSSR count). The van der Waals surface area contributed by atoms with Gasteiger partial charge in [0.1, 0.15) is 58.6 Å². The van der Waals surface area contributed by atoms with Crippen molar-refractivity contribution in [1.29, 1.82) is 0 Å². The van der Waals surface area contributed by atoms with Crippen LogP contribution in [0, 0.1) is 17.8 Å². The van der Waals surface area contributed by atoms with E-state index in [0.29, 0.717) is 36.8 Å². The van der Waals surface area contributed by atoms with Crippen molar-refractivity contribution >= 4 is 75.1 Å². The molecule has 0 amide bonds. The first-order chi connectivity index (χ1) is 22.1. The van der Waals surface area contributed by atoms with Crippen LogP contribution in [0.4, 0.5) is 8.78 Å². The normalized spacial score (nSPS) is 18.3. The summed E-state index contributed by atoms with van der Waals surface area (Å²) >= 11 is 0. The lowest BCUT2D eigenvalue weighted by molar-refractivity contribution is -0.160. The van der Waals surface area contributed by atoms with Crippen molar-refractivity contribution < 1.29 is 50.3 Å². The SMILES string of the molecule is BCc1cc(CB)c(OC(=O)C2CC(C(=O)OCC(F)(F)S(=O)(=O)O)CC(C(=O)Oc3c(CB)cc(CB)cc3CB)C2)c(CB)c1. The zero-order chi connectivity index (χ0) is 35.1. The van der Waals surface area contributed by atoms with Crippen LogP contribution in [0.2, 0.25) is 0 Å². The van der Waals surface area contributed by atoms with Gasteiger partial charge in [-0.1, -0.05) is 73.3 Å². The van der Waals surface area contributed by atoms with Crippen molar-refractivity contribution in [1.82, 2.24) is 0 Å². The summed E-state index contributed by atoms with van der Waals surface area (Å²) in [6.45, 7) is -1.92. The Labute approximate surface area is 280 Å². The summed E-state index contributed by atoms with van der Waals surface area (Å²) in [4.78, 5) is 40.5. The number of hydrogen-bond donors (Lipinski definition) is 1. The van der Waals surface area contributed by atoms with E-state index >= 15 is 0 Å². The van der Waals surface area contributed by atoms with Crippen molar-refractivity contribution in [3.05, 3.63) is 57.6 Å². The minimum atomic E-state index is -5.84.